The van der Waals surface area contributed by atoms with E-state index >= 15 is 0 Å². The minimum Gasteiger partial charge on any atom is -0.372 e. The van der Waals surface area contributed by atoms with Crippen LogP contribution in [0.1, 0.15) is 17.4 Å². The van der Waals surface area contributed by atoms with E-state index in [1.165, 1.54) is 11.6 Å². The second kappa shape index (κ2) is 6.34. The lowest BCUT2D eigenvalue weighted by Gasteiger charge is -2.10. The lowest BCUT2D eigenvalue weighted by molar-refractivity contribution is 0.581. The van der Waals surface area contributed by atoms with Crippen LogP contribution in [0.25, 0.3) is 0 Å². The summed E-state index contributed by atoms with van der Waals surface area (Å²) in [5.41, 5.74) is 1.18. The average Bonchev–Trinajstić information content (AvgIpc) is 2.92. The first kappa shape index (κ1) is 15.0. The van der Waals surface area contributed by atoms with E-state index in [2.05, 4.69) is 21.9 Å². The molecular weight excluding hydrogens is 294 g/mol. The van der Waals surface area contributed by atoms with E-state index < -0.39 is 10.0 Å². The number of hydrogen-bond donors (Lipinski definition) is 2. The topological polar surface area (TPSA) is 71.1 Å². The van der Waals surface area contributed by atoms with Crippen molar-refractivity contribution in [2.24, 2.45) is 0 Å². The zero-order valence-electron chi connectivity index (χ0n) is 11.4. The number of hydrogen-bond acceptors (Lipinski definition) is 5. The van der Waals surface area contributed by atoms with Gasteiger partial charge in [0, 0.05) is 24.7 Å². The molecule has 0 fully saturated rings. The highest BCUT2D eigenvalue weighted by Gasteiger charge is 2.19. The Morgan fingerprint density at radius 2 is 2.15 bits per heavy atom. The van der Waals surface area contributed by atoms with Gasteiger partial charge in [-0.1, -0.05) is 6.92 Å². The molecule has 0 aliphatic heterocycles. The summed E-state index contributed by atoms with van der Waals surface area (Å²) < 4.78 is 27.3. The van der Waals surface area contributed by atoms with Gasteiger partial charge in [0.25, 0.3) is 0 Å². The molecular formula is C13H17N3O2S2. The van der Waals surface area contributed by atoms with Gasteiger partial charge in [0.05, 0.1) is 0 Å². The second-order valence-electron chi connectivity index (χ2n) is 4.15. The molecule has 0 amide bonds. The van der Waals surface area contributed by atoms with Crippen LogP contribution in [0.15, 0.2) is 34.7 Å². The van der Waals surface area contributed by atoms with Gasteiger partial charge in [-0.05, 0) is 35.6 Å². The molecule has 2 N–H and O–H groups in total. The maximum atomic E-state index is 12.3. The van der Waals surface area contributed by atoms with E-state index in [0.717, 1.165) is 11.3 Å². The van der Waals surface area contributed by atoms with Crippen molar-refractivity contribution in [3.63, 3.8) is 0 Å². The van der Waals surface area contributed by atoms with Crippen LogP contribution in [-0.2, 0) is 23.0 Å². The molecule has 0 bridgehead atoms. The molecule has 0 aliphatic rings. The first-order valence-corrected chi connectivity index (χ1v) is 8.62. The third-order valence-corrected chi connectivity index (χ3v) is 5.33. The number of pyridine rings is 1. The standard InChI is InChI=1S/C13H17N3O2S2/c1-3-10-6-8-19-11(10)9-16-20(17,18)12-5-4-7-15-13(12)14-2/h4-8,16H,3,9H2,1-2H3,(H,14,15). The van der Waals surface area contributed by atoms with Crippen molar-refractivity contribution >= 4 is 27.2 Å². The van der Waals surface area contributed by atoms with Gasteiger partial charge < -0.3 is 5.32 Å². The third kappa shape index (κ3) is 3.17. The molecule has 0 spiro atoms. The van der Waals surface area contributed by atoms with E-state index in [4.69, 9.17) is 0 Å². The van der Waals surface area contributed by atoms with E-state index in [0.29, 0.717) is 12.4 Å². The van der Waals surface area contributed by atoms with Gasteiger partial charge in [-0.3, -0.25) is 0 Å². The largest absolute Gasteiger partial charge is 0.372 e. The van der Waals surface area contributed by atoms with Crippen molar-refractivity contribution in [3.8, 4) is 0 Å². The van der Waals surface area contributed by atoms with Gasteiger partial charge in [-0.15, -0.1) is 11.3 Å². The Morgan fingerprint density at radius 1 is 1.35 bits per heavy atom. The molecule has 0 saturated heterocycles. The number of aryl methyl sites for hydroxylation is 1. The number of thiophene rings is 1. The molecule has 7 heteroatoms. The van der Waals surface area contributed by atoms with Crippen molar-refractivity contribution < 1.29 is 8.42 Å². The van der Waals surface area contributed by atoms with Crippen LogP contribution in [0.4, 0.5) is 5.82 Å². The fraction of sp³-hybridized carbons (Fsp3) is 0.308. The Hall–Kier alpha value is -1.44. The Balaban J connectivity index is 2.19. The van der Waals surface area contributed by atoms with Gasteiger partial charge in [-0.25, -0.2) is 18.1 Å². The number of nitrogens with one attached hydrogen (secondary N) is 2. The lowest BCUT2D eigenvalue weighted by atomic mass is 10.2. The lowest BCUT2D eigenvalue weighted by Crippen LogP contribution is -2.24. The number of rotatable bonds is 6. The summed E-state index contributed by atoms with van der Waals surface area (Å²) in [5, 5.41) is 4.77. The predicted octanol–water partition coefficient (Wildman–Crippen LogP) is 2.23. The van der Waals surface area contributed by atoms with Crippen LogP contribution < -0.4 is 10.0 Å². The van der Waals surface area contributed by atoms with Gasteiger partial charge in [0.2, 0.25) is 10.0 Å². The molecule has 5 nitrogen and oxygen atoms in total. The molecule has 2 heterocycles. The van der Waals surface area contributed by atoms with E-state index in [1.54, 1.807) is 30.6 Å². The summed E-state index contributed by atoms with van der Waals surface area (Å²) in [6.07, 6.45) is 2.45. The van der Waals surface area contributed by atoms with Gasteiger partial charge in [-0.2, -0.15) is 0 Å². The van der Waals surface area contributed by atoms with Crippen molar-refractivity contribution in [1.82, 2.24) is 9.71 Å². The third-order valence-electron chi connectivity index (χ3n) is 2.94. The summed E-state index contributed by atoms with van der Waals surface area (Å²) in [4.78, 5) is 5.23. The zero-order valence-corrected chi connectivity index (χ0v) is 13.0. The van der Waals surface area contributed by atoms with Crippen LogP contribution in [0, 0.1) is 0 Å². The number of aromatic nitrogens is 1. The Kier molecular flexibility index (Phi) is 4.74. The quantitative estimate of drug-likeness (QED) is 0.858. The minimum atomic E-state index is -3.57. The molecule has 0 saturated carbocycles. The molecule has 20 heavy (non-hydrogen) atoms. The first-order chi connectivity index (χ1) is 9.58. The first-order valence-electron chi connectivity index (χ1n) is 6.26. The van der Waals surface area contributed by atoms with Gasteiger partial charge >= 0.3 is 0 Å². The van der Waals surface area contributed by atoms with Crippen molar-refractivity contribution in [3.05, 3.63) is 40.2 Å². The molecule has 2 aromatic rings. The maximum absolute atomic E-state index is 12.3. The van der Waals surface area contributed by atoms with Crippen molar-refractivity contribution in [2.45, 2.75) is 24.8 Å². The summed E-state index contributed by atoms with van der Waals surface area (Å²) in [5.74, 6) is 0.349. The number of sulfonamides is 1. The van der Waals surface area contributed by atoms with E-state index in [9.17, 15) is 8.42 Å². The van der Waals surface area contributed by atoms with Gasteiger partial charge in [0.15, 0.2) is 0 Å². The summed E-state index contributed by atoms with van der Waals surface area (Å²) >= 11 is 1.56. The number of anilines is 1. The fourth-order valence-electron chi connectivity index (χ4n) is 1.87. The van der Waals surface area contributed by atoms with Crippen LogP contribution in [0.2, 0.25) is 0 Å². The van der Waals surface area contributed by atoms with Crippen molar-refractivity contribution in [1.29, 1.82) is 0 Å². The molecule has 0 unspecified atom stereocenters. The van der Waals surface area contributed by atoms with Crippen LogP contribution in [0.3, 0.4) is 0 Å². The SMILES string of the molecule is CCc1ccsc1CNS(=O)(=O)c1cccnc1NC. The van der Waals surface area contributed by atoms with E-state index in [-0.39, 0.29) is 4.90 Å². The molecule has 0 aliphatic carbocycles. The Labute approximate surface area is 123 Å². The van der Waals surface area contributed by atoms with Crippen LogP contribution in [-0.4, -0.2) is 20.4 Å². The van der Waals surface area contributed by atoms with Crippen LogP contribution in [0.5, 0.6) is 0 Å². The summed E-state index contributed by atoms with van der Waals surface area (Å²) in [7, 11) is -1.92. The van der Waals surface area contributed by atoms with Crippen LogP contribution >= 0.6 is 11.3 Å². The molecule has 2 aromatic heterocycles. The van der Waals surface area contributed by atoms with Gasteiger partial charge in [0.1, 0.15) is 10.7 Å². The smallest absolute Gasteiger partial charge is 0.244 e. The minimum absolute atomic E-state index is 0.164. The maximum Gasteiger partial charge on any atom is 0.244 e. The molecule has 108 valence electrons. The zero-order chi connectivity index (χ0) is 14.6. The molecule has 2 rings (SSSR count). The number of nitrogens with zero attached hydrogens (tertiary/aromatic N) is 1. The summed E-state index contributed by atoms with van der Waals surface area (Å²) in [6.45, 7) is 2.36. The molecule has 0 radical (unpaired) electrons. The highest BCUT2D eigenvalue weighted by molar-refractivity contribution is 7.89. The second-order valence-corrected chi connectivity index (χ2v) is 6.88. The Bertz CT molecular complexity index is 680. The van der Waals surface area contributed by atoms with Crippen molar-refractivity contribution in [2.75, 3.05) is 12.4 Å². The molecule has 0 aromatic carbocycles. The average molecular weight is 311 g/mol. The monoisotopic (exact) mass is 311 g/mol. The highest BCUT2D eigenvalue weighted by Crippen LogP contribution is 2.20. The Morgan fingerprint density at radius 3 is 2.85 bits per heavy atom. The predicted molar refractivity (Wildman–Crippen MR) is 81.5 cm³/mol. The molecule has 0 atom stereocenters. The summed E-state index contributed by atoms with van der Waals surface area (Å²) in [6, 6.07) is 5.17. The highest BCUT2D eigenvalue weighted by atomic mass is 32.2. The fourth-order valence-corrected chi connectivity index (χ4v) is 4.03. The normalized spacial score (nSPS) is 11.5. The van der Waals surface area contributed by atoms with E-state index in [1.807, 2.05) is 11.4 Å².